The first-order chi connectivity index (χ1) is 36.8. The number of thiazole rings is 2. The molecule has 0 saturated heterocycles. The number of aromatic hydroxyl groups is 2. The Morgan fingerprint density at radius 3 is 1.30 bits per heavy atom. The maximum absolute atomic E-state index is 13.8. The molecule has 0 aliphatic carbocycles. The molecule has 8 aromatic carbocycles. The SMILES string of the molecule is CC(C)(C)c1c[c-]c(-c2cc(C(C)(C)C)cc3sc(-c4ccccc4N=Cc4cccc(F)c4O)nc23)cc1.CC(C)(C)c1ccc(-c2cc(C(C)(C)C)cc3sc(-c4ccccc4N=Cc4cccc(F)c4O)nc23)cc1.[Pt]. The molecule has 10 aromatic rings. The fraction of sp³-hybridized carbons (Fsp3) is 0.235. The van der Waals surface area contributed by atoms with Crippen LogP contribution in [-0.4, -0.2) is 32.6 Å². The number of phenols is 2. The van der Waals surface area contributed by atoms with Crippen LogP contribution in [0.5, 0.6) is 11.5 Å². The van der Waals surface area contributed by atoms with E-state index in [4.69, 9.17) is 9.97 Å². The third kappa shape index (κ3) is 13.1. The van der Waals surface area contributed by atoms with Crippen LogP contribution in [0.4, 0.5) is 20.2 Å². The number of phenolic OH excluding ortho intramolecular Hbond substituents is 2. The average Bonchev–Trinajstić information content (AvgIpc) is 4.08. The van der Waals surface area contributed by atoms with Gasteiger partial charge in [-0.2, -0.15) is 0 Å². The van der Waals surface area contributed by atoms with Crippen LogP contribution in [0.15, 0.2) is 162 Å². The molecular formula is C68H65F2N4O2PtS2-. The van der Waals surface area contributed by atoms with Gasteiger partial charge in [0.25, 0.3) is 0 Å². The Hall–Kier alpha value is -6.97. The zero-order valence-corrected chi connectivity index (χ0v) is 50.6. The normalized spacial score (nSPS) is 12.3. The Bertz CT molecular complexity index is 3630. The second kappa shape index (κ2) is 23.0. The van der Waals surface area contributed by atoms with Crippen LogP contribution in [-0.2, 0) is 42.7 Å². The molecule has 2 heterocycles. The first-order valence-electron chi connectivity index (χ1n) is 26.1. The van der Waals surface area contributed by atoms with Crippen LogP contribution < -0.4 is 0 Å². The summed E-state index contributed by atoms with van der Waals surface area (Å²) < 4.78 is 29.9. The second-order valence-corrected chi connectivity index (χ2v) is 25.8. The van der Waals surface area contributed by atoms with Gasteiger partial charge in [0.2, 0.25) is 0 Å². The second-order valence-electron chi connectivity index (χ2n) is 23.8. The fourth-order valence-corrected chi connectivity index (χ4v) is 11.0. The van der Waals surface area contributed by atoms with Crippen molar-refractivity contribution >= 4 is 66.9 Å². The molecule has 6 nitrogen and oxygen atoms in total. The number of hydrogen-bond donors (Lipinski definition) is 2. The third-order valence-corrected chi connectivity index (χ3v) is 15.8. The number of aromatic nitrogens is 2. The van der Waals surface area contributed by atoms with Crippen molar-refractivity contribution in [3.63, 3.8) is 0 Å². The van der Waals surface area contributed by atoms with Crippen molar-refractivity contribution in [1.82, 2.24) is 9.97 Å². The molecule has 0 amide bonds. The van der Waals surface area contributed by atoms with Gasteiger partial charge in [0.1, 0.15) is 10.0 Å². The van der Waals surface area contributed by atoms with Crippen LogP contribution in [0.1, 0.15) is 116 Å². The molecule has 0 fully saturated rings. The topological polar surface area (TPSA) is 91.0 Å². The van der Waals surface area contributed by atoms with E-state index in [0.717, 1.165) is 63.8 Å². The molecule has 0 saturated carbocycles. The molecule has 2 aromatic heterocycles. The van der Waals surface area contributed by atoms with Crippen molar-refractivity contribution in [2.24, 2.45) is 9.98 Å². The van der Waals surface area contributed by atoms with Gasteiger partial charge in [0.05, 0.1) is 21.6 Å². The van der Waals surface area contributed by atoms with E-state index in [1.807, 2.05) is 48.5 Å². The molecule has 0 aliphatic rings. The Morgan fingerprint density at radius 2 is 0.873 bits per heavy atom. The Balaban J connectivity index is 0.000000205. The predicted molar refractivity (Wildman–Crippen MR) is 325 cm³/mol. The van der Waals surface area contributed by atoms with Crippen molar-refractivity contribution in [3.8, 4) is 54.9 Å². The molecule has 0 aliphatic heterocycles. The summed E-state index contributed by atoms with van der Waals surface area (Å²) in [5.41, 5.74) is 15.2. The van der Waals surface area contributed by atoms with E-state index in [2.05, 4.69) is 166 Å². The van der Waals surface area contributed by atoms with E-state index in [1.54, 1.807) is 46.9 Å². The van der Waals surface area contributed by atoms with Gasteiger partial charge in [-0.15, -0.1) is 58.1 Å². The summed E-state index contributed by atoms with van der Waals surface area (Å²) in [5, 5.41) is 21.9. The van der Waals surface area contributed by atoms with Crippen molar-refractivity contribution in [3.05, 3.63) is 203 Å². The van der Waals surface area contributed by atoms with E-state index in [-0.39, 0.29) is 42.7 Å². The van der Waals surface area contributed by atoms with Crippen LogP contribution in [0.2, 0.25) is 0 Å². The van der Waals surface area contributed by atoms with Crippen LogP contribution >= 0.6 is 22.7 Å². The molecule has 11 heteroatoms. The minimum Gasteiger partial charge on any atom is -0.504 e. The van der Waals surface area contributed by atoms with E-state index in [9.17, 15) is 19.0 Å². The van der Waals surface area contributed by atoms with E-state index < -0.39 is 23.1 Å². The van der Waals surface area contributed by atoms with Gasteiger partial charge in [-0.1, -0.05) is 155 Å². The number of aliphatic imine (C=N–C) groups is 2. The molecule has 0 bridgehead atoms. The standard InChI is InChI=1S/C34H33FN2OS.C34H32FN2OS.Pt/c2*1-33(2,3)23-16-14-21(15-17-23)26-18-24(34(4,5)6)19-29-30(26)37-32(39-29)25-11-7-8-13-28(25)36-20-22-10-9-12-27(35)31(22)38;/h7-20,38H,1-6H3;7-14,16-20,38H,1-6H3;/q;-1;. The quantitative estimate of drug-likeness (QED) is 0.117. The molecule has 0 spiro atoms. The van der Waals surface area contributed by atoms with Gasteiger partial charge >= 0.3 is 0 Å². The number of rotatable bonds is 8. The van der Waals surface area contributed by atoms with Gasteiger partial charge in [0, 0.05) is 71.5 Å². The molecule has 0 radical (unpaired) electrons. The Labute approximate surface area is 486 Å². The maximum atomic E-state index is 13.8. The molecule has 406 valence electrons. The van der Waals surface area contributed by atoms with Crippen LogP contribution in [0.3, 0.4) is 0 Å². The fourth-order valence-electron chi connectivity index (χ4n) is 8.87. The number of hydrogen-bond acceptors (Lipinski definition) is 8. The summed E-state index contributed by atoms with van der Waals surface area (Å²) in [6.07, 6.45) is 2.98. The molecule has 79 heavy (non-hydrogen) atoms. The summed E-state index contributed by atoms with van der Waals surface area (Å²) in [4.78, 5) is 19.5. The summed E-state index contributed by atoms with van der Waals surface area (Å²) >= 11 is 3.27. The number of para-hydroxylation sites is 4. The third-order valence-electron chi connectivity index (χ3n) is 13.7. The summed E-state index contributed by atoms with van der Waals surface area (Å²) in [6.45, 7) is 26.6. The first-order valence-corrected chi connectivity index (χ1v) is 27.7. The zero-order valence-electron chi connectivity index (χ0n) is 46.7. The maximum Gasteiger partial charge on any atom is 0.165 e. The molecule has 2 N–H and O–H groups in total. The monoisotopic (exact) mass is 1270 g/mol. The first kappa shape index (κ1) is 58.2. The Kier molecular flexibility index (Phi) is 16.9. The van der Waals surface area contributed by atoms with E-state index in [1.165, 1.54) is 46.8 Å². The van der Waals surface area contributed by atoms with Crippen molar-refractivity contribution in [2.45, 2.75) is 105 Å². The smallest absolute Gasteiger partial charge is 0.165 e. The molecular weight excluding hydrogens is 1200 g/mol. The van der Waals surface area contributed by atoms with Gasteiger partial charge in [0.15, 0.2) is 23.1 Å². The van der Waals surface area contributed by atoms with Crippen molar-refractivity contribution < 1.29 is 40.1 Å². The number of nitrogens with zero attached hydrogens (tertiary/aromatic N) is 4. The summed E-state index contributed by atoms with van der Waals surface area (Å²) in [7, 11) is 0. The van der Waals surface area contributed by atoms with Gasteiger partial charge in [-0.25, -0.2) is 18.7 Å². The number of benzene rings is 8. The number of halogens is 2. The summed E-state index contributed by atoms with van der Waals surface area (Å²) in [5.74, 6) is -2.16. The van der Waals surface area contributed by atoms with E-state index in [0.29, 0.717) is 22.5 Å². The molecule has 0 atom stereocenters. The van der Waals surface area contributed by atoms with Crippen molar-refractivity contribution in [2.75, 3.05) is 0 Å². The van der Waals surface area contributed by atoms with E-state index >= 15 is 0 Å². The predicted octanol–water partition coefficient (Wildman–Crippen LogP) is 19.4. The zero-order chi connectivity index (χ0) is 55.9. The van der Waals surface area contributed by atoms with Crippen molar-refractivity contribution in [1.29, 1.82) is 0 Å². The molecule has 0 unspecified atom stereocenters. The van der Waals surface area contributed by atoms with Gasteiger partial charge in [-0.3, -0.25) is 9.98 Å². The number of fused-ring (bicyclic) bond motifs is 2. The minimum atomic E-state index is -0.673. The minimum absolute atomic E-state index is 0. The summed E-state index contributed by atoms with van der Waals surface area (Å²) in [6, 6.07) is 52.1. The largest absolute Gasteiger partial charge is 0.504 e. The van der Waals surface area contributed by atoms with Gasteiger partial charge in [-0.05, 0) is 111 Å². The Morgan fingerprint density at radius 1 is 0.456 bits per heavy atom. The van der Waals surface area contributed by atoms with Gasteiger partial charge < -0.3 is 10.2 Å². The molecule has 10 rings (SSSR count). The van der Waals surface area contributed by atoms with Crippen LogP contribution in [0, 0.1) is 17.7 Å². The average molecular weight is 1270 g/mol. The van der Waals surface area contributed by atoms with Crippen LogP contribution in [0.25, 0.3) is 63.8 Å².